The molecule has 0 unspecified atom stereocenters. The maximum absolute atomic E-state index is 12.7. The van der Waals surface area contributed by atoms with Gasteiger partial charge >= 0.3 is 12.1 Å². The van der Waals surface area contributed by atoms with Crippen LogP contribution in [0.3, 0.4) is 0 Å². The number of allylic oxidation sites excluding steroid dienone is 2. The third kappa shape index (κ3) is 9.76. The van der Waals surface area contributed by atoms with Gasteiger partial charge in [-0.15, -0.1) is 0 Å². The maximum Gasteiger partial charge on any atom is 0.412 e. The van der Waals surface area contributed by atoms with Gasteiger partial charge < -0.3 is 9.47 Å². The highest BCUT2D eigenvalue weighted by molar-refractivity contribution is 5.99. The normalized spacial score (nSPS) is 11.5. The van der Waals surface area contributed by atoms with Crippen LogP contribution < -0.4 is 5.32 Å². The molecule has 2 aromatic rings. The average Bonchev–Trinajstić information content (AvgIpc) is 2.73. The lowest BCUT2D eigenvalue weighted by molar-refractivity contribution is -0.145. The standard InChI is InChI=1S/C25H29NO5/c1-25(2,3)31-24(29)26-21(15-14-19-10-6-4-7-11-19)22(27)16-17-23(28)30-18-20-12-8-5-9-13-20/h4-13,15H,14,16-18H2,1-3H3,(H,26,29)/b21-15+. The molecule has 0 bridgehead atoms. The molecule has 6 heteroatoms. The molecule has 1 amide bonds. The smallest absolute Gasteiger partial charge is 0.412 e. The van der Waals surface area contributed by atoms with Crippen molar-refractivity contribution >= 4 is 17.8 Å². The third-order valence-electron chi connectivity index (χ3n) is 4.12. The summed E-state index contributed by atoms with van der Waals surface area (Å²) in [7, 11) is 0. The van der Waals surface area contributed by atoms with E-state index in [1.807, 2.05) is 60.7 Å². The van der Waals surface area contributed by atoms with Gasteiger partial charge in [-0.3, -0.25) is 14.9 Å². The molecule has 0 spiro atoms. The molecule has 6 nitrogen and oxygen atoms in total. The van der Waals surface area contributed by atoms with Gasteiger partial charge in [0, 0.05) is 6.42 Å². The lowest BCUT2D eigenvalue weighted by atomic mass is 10.1. The fourth-order valence-electron chi connectivity index (χ4n) is 2.64. The molecule has 1 N–H and O–H groups in total. The summed E-state index contributed by atoms with van der Waals surface area (Å²) in [6.45, 7) is 5.38. The third-order valence-corrected chi connectivity index (χ3v) is 4.12. The van der Waals surface area contributed by atoms with Gasteiger partial charge in [0.2, 0.25) is 0 Å². The van der Waals surface area contributed by atoms with Crippen molar-refractivity contribution in [1.29, 1.82) is 0 Å². The summed E-state index contributed by atoms with van der Waals surface area (Å²) < 4.78 is 10.5. The fraction of sp³-hybridized carbons (Fsp3) is 0.320. The highest BCUT2D eigenvalue weighted by Gasteiger charge is 2.20. The Labute approximate surface area is 183 Å². The van der Waals surface area contributed by atoms with Crippen LogP contribution in [0, 0.1) is 0 Å². The molecule has 164 valence electrons. The van der Waals surface area contributed by atoms with Crippen molar-refractivity contribution < 1.29 is 23.9 Å². The van der Waals surface area contributed by atoms with Gasteiger partial charge in [0.15, 0.2) is 5.78 Å². The highest BCUT2D eigenvalue weighted by Crippen LogP contribution is 2.11. The van der Waals surface area contributed by atoms with Crippen LogP contribution in [0.4, 0.5) is 4.79 Å². The van der Waals surface area contributed by atoms with Gasteiger partial charge in [0.25, 0.3) is 0 Å². The molecular formula is C25H29NO5. The Hall–Kier alpha value is -3.41. The number of Topliss-reactive ketones (excluding diaryl/α,β-unsaturated/α-hetero) is 1. The average molecular weight is 424 g/mol. The Morgan fingerprint density at radius 1 is 0.871 bits per heavy atom. The molecule has 0 saturated heterocycles. The Balaban J connectivity index is 1.96. The zero-order chi connectivity index (χ0) is 22.7. The van der Waals surface area contributed by atoms with Gasteiger partial charge in [-0.2, -0.15) is 0 Å². The van der Waals surface area contributed by atoms with Crippen LogP contribution >= 0.6 is 0 Å². The molecule has 0 radical (unpaired) electrons. The minimum atomic E-state index is -0.716. The van der Waals surface area contributed by atoms with Crippen LogP contribution in [0.5, 0.6) is 0 Å². The molecule has 0 heterocycles. The van der Waals surface area contributed by atoms with E-state index in [-0.39, 0.29) is 30.9 Å². The molecule has 0 atom stereocenters. The largest absolute Gasteiger partial charge is 0.461 e. The van der Waals surface area contributed by atoms with Crippen LogP contribution in [0.15, 0.2) is 72.4 Å². The van der Waals surface area contributed by atoms with Gasteiger partial charge in [-0.05, 0) is 38.3 Å². The Morgan fingerprint density at radius 3 is 2.03 bits per heavy atom. The number of hydrogen-bond acceptors (Lipinski definition) is 5. The SMILES string of the molecule is CC(C)(C)OC(=O)N/C(=C/Cc1ccccc1)C(=O)CCC(=O)OCc1ccccc1. The first-order valence-electron chi connectivity index (χ1n) is 10.2. The van der Waals surface area contributed by atoms with Crippen molar-refractivity contribution in [3.63, 3.8) is 0 Å². The zero-order valence-corrected chi connectivity index (χ0v) is 18.2. The molecule has 0 fully saturated rings. The number of carbonyl (C=O) groups excluding carboxylic acids is 3. The monoisotopic (exact) mass is 423 g/mol. The molecule has 0 aliphatic heterocycles. The van der Waals surface area contributed by atoms with Crippen molar-refractivity contribution in [2.45, 2.75) is 52.2 Å². The minimum Gasteiger partial charge on any atom is -0.461 e. The van der Waals surface area contributed by atoms with Crippen molar-refractivity contribution in [3.05, 3.63) is 83.6 Å². The lowest BCUT2D eigenvalue weighted by Crippen LogP contribution is -2.34. The van der Waals surface area contributed by atoms with Crippen LogP contribution in [0.1, 0.15) is 44.7 Å². The van der Waals surface area contributed by atoms with E-state index < -0.39 is 17.7 Å². The predicted octanol–water partition coefficient (Wildman–Crippen LogP) is 4.73. The van der Waals surface area contributed by atoms with Crippen molar-refractivity contribution in [2.24, 2.45) is 0 Å². The van der Waals surface area contributed by atoms with E-state index in [0.717, 1.165) is 11.1 Å². The minimum absolute atomic E-state index is 0.0790. The molecular weight excluding hydrogens is 394 g/mol. The van der Waals surface area contributed by atoms with Crippen LogP contribution in [0.25, 0.3) is 0 Å². The van der Waals surface area contributed by atoms with Crippen LogP contribution in [-0.4, -0.2) is 23.4 Å². The van der Waals surface area contributed by atoms with E-state index in [0.29, 0.717) is 6.42 Å². The van der Waals surface area contributed by atoms with E-state index in [2.05, 4.69) is 5.32 Å². The summed E-state index contributed by atoms with van der Waals surface area (Å²) in [4.78, 5) is 36.9. The molecule has 0 aliphatic rings. The lowest BCUT2D eigenvalue weighted by Gasteiger charge is -2.20. The van der Waals surface area contributed by atoms with E-state index >= 15 is 0 Å². The number of nitrogens with one attached hydrogen (secondary N) is 1. The summed E-state index contributed by atoms with van der Waals surface area (Å²) in [5.41, 5.74) is 1.27. The van der Waals surface area contributed by atoms with Crippen molar-refractivity contribution in [1.82, 2.24) is 5.32 Å². The number of benzene rings is 2. The van der Waals surface area contributed by atoms with Gasteiger partial charge in [-0.1, -0.05) is 66.7 Å². The second kappa shape index (κ2) is 11.7. The highest BCUT2D eigenvalue weighted by atomic mass is 16.6. The van der Waals surface area contributed by atoms with Gasteiger partial charge in [-0.25, -0.2) is 4.79 Å². The summed E-state index contributed by atoms with van der Waals surface area (Å²) in [6.07, 6.45) is 1.22. The van der Waals surface area contributed by atoms with E-state index in [9.17, 15) is 14.4 Å². The molecule has 0 aliphatic carbocycles. The van der Waals surface area contributed by atoms with Gasteiger partial charge in [0.05, 0.1) is 12.1 Å². The summed E-state index contributed by atoms with van der Waals surface area (Å²) >= 11 is 0. The Morgan fingerprint density at radius 2 is 1.45 bits per heavy atom. The summed E-state index contributed by atoms with van der Waals surface area (Å²) in [6, 6.07) is 18.9. The number of alkyl carbamates (subject to hydrolysis) is 1. The molecule has 0 saturated carbocycles. The molecule has 2 rings (SSSR count). The maximum atomic E-state index is 12.7. The number of amides is 1. The second-order valence-electron chi connectivity index (χ2n) is 8.00. The number of ketones is 1. The van der Waals surface area contributed by atoms with Crippen LogP contribution in [0.2, 0.25) is 0 Å². The number of rotatable bonds is 9. The van der Waals surface area contributed by atoms with E-state index in [1.165, 1.54) is 0 Å². The number of ether oxygens (including phenoxy) is 2. The first kappa shape index (κ1) is 23.9. The number of carbonyl (C=O) groups is 3. The molecule has 0 aromatic heterocycles. The van der Waals surface area contributed by atoms with Gasteiger partial charge in [0.1, 0.15) is 12.2 Å². The Kier molecular flexibility index (Phi) is 9.00. The number of hydrogen-bond donors (Lipinski definition) is 1. The first-order chi connectivity index (χ1) is 14.7. The van der Waals surface area contributed by atoms with E-state index in [4.69, 9.17) is 9.47 Å². The summed E-state index contributed by atoms with van der Waals surface area (Å²) in [5.74, 6) is -0.838. The zero-order valence-electron chi connectivity index (χ0n) is 18.2. The Bertz CT molecular complexity index is 899. The van der Waals surface area contributed by atoms with Crippen molar-refractivity contribution in [2.75, 3.05) is 0 Å². The predicted molar refractivity (Wildman–Crippen MR) is 118 cm³/mol. The van der Waals surface area contributed by atoms with Crippen molar-refractivity contribution in [3.8, 4) is 0 Å². The summed E-state index contributed by atoms with van der Waals surface area (Å²) in [5, 5.41) is 2.52. The topological polar surface area (TPSA) is 81.7 Å². The fourth-order valence-corrected chi connectivity index (χ4v) is 2.64. The quantitative estimate of drug-likeness (QED) is 0.466. The molecule has 31 heavy (non-hydrogen) atoms. The first-order valence-corrected chi connectivity index (χ1v) is 10.2. The second-order valence-corrected chi connectivity index (χ2v) is 8.00. The molecule has 2 aromatic carbocycles. The van der Waals surface area contributed by atoms with Crippen LogP contribution in [-0.2, 0) is 32.1 Å². The van der Waals surface area contributed by atoms with E-state index in [1.54, 1.807) is 26.8 Å². The number of esters is 1.